The second kappa shape index (κ2) is 5.31. The highest BCUT2D eigenvalue weighted by Gasteiger charge is 2.12. The van der Waals surface area contributed by atoms with Crippen molar-refractivity contribution in [1.82, 2.24) is 9.78 Å². The molecule has 0 spiro atoms. The zero-order valence-corrected chi connectivity index (χ0v) is 12.0. The average Bonchev–Trinajstić information content (AvgIpc) is 2.40. The van der Waals surface area contributed by atoms with Crippen LogP contribution in [0.25, 0.3) is 0 Å². The van der Waals surface area contributed by atoms with E-state index in [-0.39, 0.29) is 0 Å². The molecule has 0 aromatic carbocycles. The Morgan fingerprint density at radius 3 is 2.64 bits per heavy atom. The lowest BCUT2D eigenvalue weighted by Gasteiger charge is -2.06. The second-order valence-electron chi connectivity index (χ2n) is 3.48. The third kappa shape index (κ3) is 2.83. The van der Waals surface area contributed by atoms with Crippen LogP contribution in [0.2, 0.25) is 0 Å². The van der Waals surface area contributed by atoms with Crippen molar-refractivity contribution < 1.29 is 0 Å². The minimum atomic E-state index is 0.565. The summed E-state index contributed by atoms with van der Waals surface area (Å²) in [5, 5.41) is 4.46. The van der Waals surface area contributed by atoms with E-state index >= 15 is 0 Å². The molecule has 1 unspecified atom stereocenters. The van der Waals surface area contributed by atoms with Crippen LogP contribution in [0, 0.1) is 6.92 Å². The van der Waals surface area contributed by atoms with Crippen LogP contribution in [0.3, 0.4) is 0 Å². The molecule has 0 N–H and O–H groups in total. The molecular weight excluding hydrogens is 308 g/mol. The van der Waals surface area contributed by atoms with Gasteiger partial charge in [0, 0.05) is 11.4 Å². The van der Waals surface area contributed by atoms with Crippen LogP contribution in [0.15, 0.2) is 4.47 Å². The molecule has 0 amide bonds. The number of aryl methyl sites for hydroxylation is 2. The monoisotopic (exact) mass is 322 g/mol. The Hall–Kier alpha value is 0.170. The van der Waals surface area contributed by atoms with Crippen LogP contribution in [-0.2, 0) is 13.0 Å². The van der Waals surface area contributed by atoms with Crippen LogP contribution in [-0.4, -0.2) is 14.6 Å². The van der Waals surface area contributed by atoms with E-state index in [0.717, 1.165) is 25.1 Å². The van der Waals surface area contributed by atoms with Crippen molar-refractivity contribution >= 4 is 31.9 Å². The molecule has 2 nitrogen and oxygen atoms in total. The number of halogens is 2. The zero-order valence-electron chi connectivity index (χ0n) is 8.85. The Balaban J connectivity index is 2.82. The molecule has 0 radical (unpaired) electrons. The van der Waals surface area contributed by atoms with Gasteiger partial charge < -0.3 is 0 Å². The van der Waals surface area contributed by atoms with Gasteiger partial charge in [-0.25, -0.2) is 0 Å². The van der Waals surface area contributed by atoms with Crippen molar-refractivity contribution in [2.45, 2.75) is 45.0 Å². The fourth-order valence-corrected chi connectivity index (χ4v) is 2.15. The van der Waals surface area contributed by atoms with Crippen LogP contribution in [0.5, 0.6) is 0 Å². The quantitative estimate of drug-likeness (QED) is 0.773. The molecule has 0 saturated carbocycles. The van der Waals surface area contributed by atoms with Gasteiger partial charge in [0.15, 0.2) is 0 Å². The SMILES string of the molecule is CCn1nc(C)c(Br)c1CCC(C)Br. The minimum Gasteiger partial charge on any atom is -0.268 e. The summed E-state index contributed by atoms with van der Waals surface area (Å²) in [6, 6.07) is 0. The maximum Gasteiger partial charge on any atom is 0.0738 e. The normalized spacial score (nSPS) is 13.2. The summed E-state index contributed by atoms with van der Waals surface area (Å²) in [7, 11) is 0. The Labute approximate surface area is 102 Å². The summed E-state index contributed by atoms with van der Waals surface area (Å²) in [5.41, 5.74) is 2.40. The summed E-state index contributed by atoms with van der Waals surface area (Å²) in [5.74, 6) is 0. The lowest BCUT2D eigenvalue weighted by Crippen LogP contribution is -2.05. The van der Waals surface area contributed by atoms with Gasteiger partial charge >= 0.3 is 0 Å². The summed E-state index contributed by atoms with van der Waals surface area (Å²) in [6.07, 6.45) is 2.21. The Morgan fingerprint density at radius 1 is 1.50 bits per heavy atom. The standard InChI is InChI=1S/C10H16Br2N2/c1-4-14-9(6-5-7(2)11)10(12)8(3)13-14/h7H,4-6H2,1-3H3. The number of alkyl halides is 1. The molecule has 1 atom stereocenters. The van der Waals surface area contributed by atoms with E-state index in [9.17, 15) is 0 Å². The van der Waals surface area contributed by atoms with Crippen molar-refractivity contribution in [3.05, 3.63) is 15.9 Å². The molecule has 0 fully saturated rings. The van der Waals surface area contributed by atoms with Gasteiger partial charge in [0.05, 0.1) is 15.9 Å². The highest BCUT2D eigenvalue weighted by atomic mass is 79.9. The van der Waals surface area contributed by atoms with Gasteiger partial charge in [-0.15, -0.1) is 0 Å². The smallest absolute Gasteiger partial charge is 0.0738 e. The fraction of sp³-hybridized carbons (Fsp3) is 0.700. The Bertz CT molecular complexity index is 305. The van der Waals surface area contributed by atoms with Gasteiger partial charge in [0.2, 0.25) is 0 Å². The van der Waals surface area contributed by atoms with Gasteiger partial charge in [-0.2, -0.15) is 5.10 Å². The predicted molar refractivity (Wildman–Crippen MR) is 67.0 cm³/mol. The van der Waals surface area contributed by atoms with E-state index in [2.05, 4.69) is 55.5 Å². The third-order valence-corrected chi connectivity index (χ3v) is 3.72. The second-order valence-corrected chi connectivity index (χ2v) is 5.84. The lowest BCUT2D eigenvalue weighted by atomic mass is 10.2. The van der Waals surface area contributed by atoms with Gasteiger partial charge in [0.25, 0.3) is 0 Å². The van der Waals surface area contributed by atoms with Crippen molar-refractivity contribution in [2.75, 3.05) is 0 Å². The highest BCUT2D eigenvalue weighted by Crippen LogP contribution is 2.23. The number of nitrogens with zero attached hydrogens (tertiary/aromatic N) is 2. The summed E-state index contributed by atoms with van der Waals surface area (Å²) >= 11 is 7.16. The molecule has 1 aromatic heterocycles. The van der Waals surface area contributed by atoms with Gasteiger partial charge in [0.1, 0.15) is 0 Å². The zero-order chi connectivity index (χ0) is 10.7. The van der Waals surface area contributed by atoms with Crippen molar-refractivity contribution in [2.24, 2.45) is 0 Å². The topological polar surface area (TPSA) is 17.8 Å². The highest BCUT2D eigenvalue weighted by molar-refractivity contribution is 9.10. The molecule has 80 valence electrons. The van der Waals surface area contributed by atoms with Crippen LogP contribution < -0.4 is 0 Å². The van der Waals surface area contributed by atoms with Crippen LogP contribution >= 0.6 is 31.9 Å². The Morgan fingerprint density at radius 2 is 2.14 bits per heavy atom. The number of rotatable bonds is 4. The predicted octanol–water partition coefficient (Wildman–Crippen LogP) is 3.69. The van der Waals surface area contributed by atoms with Gasteiger partial charge in [-0.1, -0.05) is 22.9 Å². The van der Waals surface area contributed by atoms with E-state index in [1.54, 1.807) is 0 Å². The maximum atomic E-state index is 4.46. The first-order chi connectivity index (χ1) is 6.56. The first kappa shape index (κ1) is 12.2. The molecule has 4 heteroatoms. The minimum absolute atomic E-state index is 0.565. The lowest BCUT2D eigenvalue weighted by molar-refractivity contribution is 0.605. The number of aromatic nitrogens is 2. The Kier molecular flexibility index (Phi) is 4.64. The number of hydrogen-bond acceptors (Lipinski definition) is 1. The number of hydrogen-bond donors (Lipinski definition) is 0. The third-order valence-electron chi connectivity index (χ3n) is 2.23. The first-order valence-corrected chi connectivity index (χ1v) is 6.63. The molecule has 0 aliphatic rings. The van der Waals surface area contributed by atoms with Crippen LogP contribution in [0.1, 0.15) is 31.7 Å². The van der Waals surface area contributed by atoms with E-state index < -0.39 is 0 Å². The van der Waals surface area contributed by atoms with E-state index in [0.29, 0.717) is 4.83 Å². The maximum absolute atomic E-state index is 4.46. The summed E-state index contributed by atoms with van der Waals surface area (Å²) in [6.45, 7) is 7.28. The van der Waals surface area contributed by atoms with E-state index in [1.807, 2.05) is 6.92 Å². The molecule has 1 aromatic rings. The summed E-state index contributed by atoms with van der Waals surface area (Å²) in [4.78, 5) is 0.565. The molecule has 14 heavy (non-hydrogen) atoms. The summed E-state index contributed by atoms with van der Waals surface area (Å²) < 4.78 is 3.25. The molecular formula is C10H16Br2N2. The first-order valence-electron chi connectivity index (χ1n) is 4.92. The average molecular weight is 324 g/mol. The van der Waals surface area contributed by atoms with Gasteiger partial charge in [-0.05, 0) is 42.6 Å². The molecule has 0 bridgehead atoms. The largest absolute Gasteiger partial charge is 0.268 e. The molecule has 1 heterocycles. The van der Waals surface area contributed by atoms with Gasteiger partial charge in [-0.3, -0.25) is 4.68 Å². The molecule has 0 aliphatic heterocycles. The van der Waals surface area contributed by atoms with Crippen LogP contribution in [0.4, 0.5) is 0 Å². The van der Waals surface area contributed by atoms with Crippen molar-refractivity contribution in [3.63, 3.8) is 0 Å². The molecule has 1 rings (SSSR count). The molecule has 0 aliphatic carbocycles. The van der Waals surface area contributed by atoms with E-state index in [4.69, 9.17) is 0 Å². The molecule has 0 saturated heterocycles. The van der Waals surface area contributed by atoms with Crippen molar-refractivity contribution in [1.29, 1.82) is 0 Å². The fourth-order valence-electron chi connectivity index (χ4n) is 1.44. The van der Waals surface area contributed by atoms with E-state index in [1.165, 1.54) is 10.2 Å². The van der Waals surface area contributed by atoms with Crippen molar-refractivity contribution in [3.8, 4) is 0 Å².